The summed E-state index contributed by atoms with van der Waals surface area (Å²) in [5.74, 6) is 1.51. The van der Waals surface area contributed by atoms with Crippen LogP contribution >= 0.6 is 0 Å². The molecule has 1 aromatic carbocycles. The number of urea groups is 1. The molecule has 3 rings (SSSR count). The summed E-state index contributed by atoms with van der Waals surface area (Å²) in [6, 6.07) is 7.49. The minimum atomic E-state index is -0.111. The number of piperidine rings is 1. The van der Waals surface area contributed by atoms with Gasteiger partial charge in [0, 0.05) is 30.7 Å². The zero-order chi connectivity index (χ0) is 19.2. The number of ether oxygens (including phenoxy) is 1. The third-order valence-electron chi connectivity index (χ3n) is 5.93. The van der Waals surface area contributed by atoms with Gasteiger partial charge in [-0.3, -0.25) is 4.79 Å². The number of benzene rings is 1. The van der Waals surface area contributed by atoms with Gasteiger partial charge in [-0.15, -0.1) is 0 Å². The summed E-state index contributed by atoms with van der Waals surface area (Å²) in [7, 11) is 1.61. The number of hydrogen-bond acceptors (Lipinski definition) is 3. The van der Waals surface area contributed by atoms with Gasteiger partial charge in [0.1, 0.15) is 5.75 Å². The van der Waals surface area contributed by atoms with Gasteiger partial charge in [0.25, 0.3) is 0 Å². The first-order valence-corrected chi connectivity index (χ1v) is 10.1. The number of amides is 3. The second kappa shape index (κ2) is 9.11. The molecule has 1 aromatic rings. The van der Waals surface area contributed by atoms with Crippen LogP contribution in [0.1, 0.15) is 45.4 Å². The Morgan fingerprint density at radius 1 is 1.04 bits per heavy atom. The van der Waals surface area contributed by atoms with E-state index in [2.05, 4.69) is 17.6 Å². The lowest BCUT2D eigenvalue weighted by atomic mass is 9.85. The fraction of sp³-hybridized carbons (Fsp3) is 0.619. The number of nitrogens with zero attached hydrogens (tertiary/aromatic N) is 1. The van der Waals surface area contributed by atoms with Gasteiger partial charge in [-0.2, -0.15) is 0 Å². The molecule has 1 saturated heterocycles. The van der Waals surface area contributed by atoms with Crippen molar-refractivity contribution in [1.29, 1.82) is 0 Å². The van der Waals surface area contributed by atoms with Gasteiger partial charge in [-0.1, -0.05) is 19.8 Å². The zero-order valence-corrected chi connectivity index (χ0v) is 16.4. The van der Waals surface area contributed by atoms with Crippen LogP contribution in [0.2, 0.25) is 0 Å². The van der Waals surface area contributed by atoms with Crippen LogP contribution in [0.3, 0.4) is 0 Å². The lowest BCUT2D eigenvalue weighted by Crippen LogP contribution is -2.48. The van der Waals surface area contributed by atoms with Gasteiger partial charge >= 0.3 is 6.03 Å². The van der Waals surface area contributed by atoms with Crippen molar-refractivity contribution in [2.24, 2.45) is 11.8 Å². The molecule has 1 aliphatic heterocycles. The molecule has 2 aliphatic rings. The molecule has 0 radical (unpaired) electrons. The number of hydrogen-bond donors (Lipinski definition) is 2. The molecule has 0 spiro atoms. The highest BCUT2D eigenvalue weighted by molar-refractivity contribution is 5.89. The first-order valence-electron chi connectivity index (χ1n) is 10.1. The predicted molar refractivity (Wildman–Crippen MR) is 106 cm³/mol. The first kappa shape index (κ1) is 19.5. The Morgan fingerprint density at radius 3 is 2.33 bits per heavy atom. The summed E-state index contributed by atoms with van der Waals surface area (Å²) < 4.78 is 5.12. The minimum Gasteiger partial charge on any atom is -0.497 e. The molecule has 3 amide bonds. The van der Waals surface area contributed by atoms with Gasteiger partial charge in [-0.05, 0) is 55.9 Å². The van der Waals surface area contributed by atoms with E-state index in [1.165, 1.54) is 19.3 Å². The van der Waals surface area contributed by atoms with Crippen molar-refractivity contribution in [3.63, 3.8) is 0 Å². The van der Waals surface area contributed by atoms with Gasteiger partial charge in [0.15, 0.2) is 0 Å². The third-order valence-corrected chi connectivity index (χ3v) is 5.93. The normalized spacial score (nSPS) is 23.6. The van der Waals surface area contributed by atoms with Crippen molar-refractivity contribution in [3.8, 4) is 5.75 Å². The van der Waals surface area contributed by atoms with Crippen molar-refractivity contribution in [2.45, 2.75) is 51.5 Å². The van der Waals surface area contributed by atoms with Crippen LogP contribution in [0.5, 0.6) is 5.75 Å². The predicted octanol–water partition coefficient (Wildman–Crippen LogP) is 3.63. The number of carbonyl (C=O) groups is 2. The molecule has 0 bridgehead atoms. The molecule has 1 saturated carbocycles. The highest BCUT2D eigenvalue weighted by atomic mass is 16.5. The van der Waals surface area contributed by atoms with Gasteiger partial charge in [0.05, 0.1) is 7.11 Å². The van der Waals surface area contributed by atoms with Gasteiger partial charge in [-0.25, -0.2) is 4.79 Å². The van der Waals surface area contributed by atoms with E-state index >= 15 is 0 Å². The van der Waals surface area contributed by atoms with Crippen molar-refractivity contribution in [3.05, 3.63) is 24.3 Å². The van der Waals surface area contributed by atoms with Crippen LogP contribution < -0.4 is 15.4 Å². The minimum absolute atomic E-state index is 0.0177. The maximum absolute atomic E-state index is 12.6. The van der Waals surface area contributed by atoms with E-state index in [9.17, 15) is 9.59 Å². The first-order chi connectivity index (χ1) is 13.1. The molecule has 2 fully saturated rings. The second-order valence-electron chi connectivity index (χ2n) is 7.80. The number of carbonyl (C=O) groups excluding carboxylic acids is 2. The van der Waals surface area contributed by atoms with Crippen molar-refractivity contribution in [2.75, 3.05) is 25.5 Å². The van der Waals surface area contributed by atoms with E-state index in [0.717, 1.165) is 30.7 Å². The zero-order valence-electron chi connectivity index (χ0n) is 16.4. The number of rotatable bonds is 4. The summed E-state index contributed by atoms with van der Waals surface area (Å²) >= 11 is 0. The van der Waals surface area contributed by atoms with E-state index in [1.807, 2.05) is 24.3 Å². The lowest BCUT2D eigenvalue weighted by molar-refractivity contribution is -0.127. The Bertz CT molecular complexity index is 639. The Kier molecular flexibility index (Phi) is 6.58. The molecule has 1 aliphatic carbocycles. The molecular weight excluding hydrogens is 342 g/mol. The average Bonchev–Trinajstić information content (AvgIpc) is 2.70. The Labute approximate surface area is 161 Å². The quantitative estimate of drug-likeness (QED) is 0.847. The smallest absolute Gasteiger partial charge is 0.321 e. The van der Waals surface area contributed by atoms with Crippen LogP contribution in [0.25, 0.3) is 0 Å². The van der Waals surface area contributed by atoms with Crippen molar-refractivity contribution >= 4 is 17.6 Å². The number of likely N-dealkylation sites (tertiary alicyclic amines) is 1. The van der Waals surface area contributed by atoms with E-state index in [4.69, 9.17) is 4.74 Å². The summed E-state index contributed by atoms with van der Waals surface area (Å²) in [6.07, 6.45) is 6.23. The van der Waals surface area contributed by atoms with Crippen molar-refractivity contribution in [1.82, 2.24) is 10.2 Å². The molecule has 2 N–H and O–H groups in total. The van der Waals surface area contributed by atoms with Crippen molar-refractivity contribution < 1.29 is 14.3 Å². The molecule has 148 valence electrons. The number of anilines is 1. The van der Waals surface area contributed by atoms with Crippen LogP contribution in [-0.4, -0.2) is 43.1 Å². The van der Waals surface area contributed by atoms with Crippen LogP contribution in [0.4, 0.5) is 10.5 Å². The third kappa shape index (κ3) is 5.15. The molecular formula is C21H31N3O3. The summed E-state index contributed by atoms with van der Waals surface area (Å²) in [4.78, 5) is 26.8. The van der Waals surface area contributed by atoms with Gasteiger partial charge < -0.3 is 20.3 Å². The van der Waals surface area contributed by atoms with E-state index in [0.29, 0.717) is 25.0 Å². The maximum atomic E-state index is 12.6. The van der Waals surface area contributed by atoms with E-state index < -0.39 is 0 Å². The summed E-state index contributed by atoms with van der Waals surface area (Å²) in [5.41, 5.74) is 0.743. The highest BCUT2D eigenvalue weighted by Gasteiger charge is 2.30. The molecule has 27 heavy (non-hydrogen) atoms. The monoisotopic (exact) mass is 373 g/mol. The largest absolute Gasteiger partial charge is 0.497 e. The Hall–Kier alpha value is -2.24. The molecule has 0 unspecified atom stereocenters. The van der Waals surface area contributed by atoms with Crippen LogP contribution in [-0.2, 0) is 4.79 Å². The highest BCUT2D eigenvalue weighted by Crippen LogP contribution is 2.25. The SMILES string of the molecule is COc1ccc(NC(=O)N2CCC(C(=O)N[C@H]3CCCC[C@@H]3C)CC2)cc1. The summed E-state index contributed by atoms with van der Waals surface area (Å²) in [5, 5.41) is 6.17. The van der Waals surface area contributed by atoms with Gasteiger partial charge in [0.2, 0.25) is 5.91 Å². The molecule has 2 atom stereocenters. The summed E-state index contributed by atoms with van der Waals surface area (Å²) in [6.45, 7) is 3.46. The molecule has 0 aromatic heterocycles. The lowest BCUT2D eigenvalue weighted by Gasteiger charge is -2.34. The standard InChI is InChI=1S/C21H31N3O3/c1-15-5-3-4-6-19(15)23-20(25)16-11-13-24(14-12-16)21(26)22-17-7-9-18(27-2)10-8-17/h7-10,15-16,19H,3-6,11-14H2,1-2H3,(H,22,26)(H,23,25)/t15-,19-/m0/s1. The van der Waals surface area contributed by atoms with Crippen LogP contribution in [0, 0.1) is 11.8 Å². The number of methoxy groups -OCH3 is 1. The Balaban J connectivity index is 1.44. The molecule has 6 heteroatoms. The topological polar surface area (TPSA) is 70.7 Å². The van der Waals surface area contributed by atoms with E-state index in [1.54, 1.807) is 12.0 Å². The van der Waals surface area contributed by atoms with Crippen LogP contribution in [0.15, 0.2) is 24.3 Å². The second-order valence-corrected chi connectivity index (χ2v) is 7.80. The fourth-order valence-corrected chi connectivity index (χ4v) is 4.05. The van der Waals surface area contributed by atoms with E-state index in [-0.39, 0.29) is 17.9 Å². The fourth-order valence-electron chi connectivity index (χ4n) is 4.05. The number of nitrogens with one attached hydrogen (secondary N) is 2. The molecule has 6 nitrogen and oxygen atoms in total. The average molecular weight is 373 g/mol. The maximum Gasteiger partial charge on any atom is 0.321 e. The Morgan fingerprint density at radius 2 is 1.70 bits per heavy atom. The molecule has 1 heterocycles.